The van der Waals surface area contributed by atoms with E-state index in [1.165, 1.54) is 24.8 Å². The molecule has 1 aliphatic carbocycles. The van der Waals surface area contributed by atoms with Crippen molar-refractivity contribution in [1.82, 2.24) is 5.32 Å². The van der Waals surface area contributed by atoms with Gasteiger partial charge in [0.25, 0.3) is 0 Å². The first-order valence-corrected chi connectivity index (χ1v) is 9.07. The van der Waals surface area contributed by atoms with E-state index >= 15 is 0 Å². The second-order valence-electron chi connectivity index (χ2n) is 6.80. The molecule has 23 heavy (non-hydrogen) atoms. The monoisotopic (exact) mass is 317 g/mol. The van der Waals surface area contributed by atoms with Crippen LogP contribution in [-0.2, 0) is 10.2 Å². The molecular weight excluding hydrogens is 286 g/mol. The van der Waals surface area contributed by atoms with Gasteiger partial charge in [-0.2, -0.15) is 0 Å². The van der Waals surface area contributed by atoms with Gasteiger partial charge < -0.3 is 10.1 Å². The summed E-state index contributed by atoms with van der Waals surface area (Å²) >= 11 is 0. The maximum atomic E-state index is 12.4. The maximum absolute atomic E-state index is 12.4. The van der Waals surface area contributed by atoms with Crippen LogP contribution in [-0.4, -0.2) is 19.6 Å². The summed E-state index contributed by atoms with van der Waals surface area (Å²) < 4.78 is 5.28. The molecule has 1 fully saturated rings. The Kier molecular flexibility index (Phi) is 6.49. The van der Waals surface area contributed by atoms with Gasteiger partial charge in [0.2, 0.25) is 5.91 Å². The third-order valence-electron chi connectivity index (χ3n) is 5.47. The Labute approximate surface area is 140 Å². The molecule has 1 N–H and O–H groups in total. The number of amides is 1. The third kappa shape index (κ3) is 4.27. The Hall–Kier alpha value is -1.51. The molecule has 0 radical (unpaired) electrons. The van der Waals surface area contributed by atoms with Gasteiger partial charge in [0.15, 0.2) is 0 Å². The van der Waals surface area contributed by atoms with E-state index in [2.05, 4.69) is 31.3 Å². The molecule has 0 aromatic heterocycles. The Morgan fingerprint density at radius 1 is 1.13 bits per heavy atom. The number of ether oxygens (including phenoxy) is 1. The third-order valence-corrected chi connectivity index (χ3v) is 5.47. The smallest absolute Gasteiger partial charge is 0.223 e. The molecule has 1 saturated carbocycles. The predicted molar refractivity (Wildman–Crippen MR) is 94.8 cm³/mol. The largest absolute Gasteiger partial charge is 0.497 e. The van der Waals surface area contributed by atoms with Gasteiger partial charge in [-0.25, -0.2) is 0 Å². The molecule has 0 atom stereocenters. The lowest BCUT2D eigenvalue weighted by Gasteiger charge is -2.38. The minimum atomic E-state index is 0.0895. The summed E-state index contributed by atoms with van der Waals surface area (Å²) in [5.41, 5.74) is 1.43. The second-order valence-corrected chi connectivity index (χ2v) is 6.80. The molecule has 0 saturated heterocycles. The molecule has 1 aromatic rings. The molecule has 0 bridgehead atoms. The van der Waals surface area contributed by atoms with Crippen LogP contribution in [0, 0.1) is 5.92 Å². The topological polar surface area (TPSA) is 38.3 Å². The summed E-state index contributed by atoms with van der Waals surface area (Å²) in [5.74, 6) is 1.25. The molecule has 0 spiro atoms. The number of rotatable bonds is 7. The maximum Gasteiger partial charge on any atom is 0.223 e. The van der Waals surface area contributed by atoms with Gasteiger partial charge >= 0.3 is 0 Å². The molecule has 1 aromatic carbocycles. The van der Waals surface area contributed by atoms with Crippen molar-refractivity contribution in [2.45, 2.75) is 64.2 Å². The average Bonchev–Trinajstić information content (AvgIpc) is 2.62. The van der Waals surface area contributed by atoms with Crippen LogP contribution in [0.15, 0.2) is 24.3 Å². The van der Waals surface area contributed by atoms with Crippen molar-refractivity contribution in [3.63, 3.8) is 0 Å². The highest BCUT2D eigenvalue weighted by atomic mass is 16.5. The zero-order chi connectivity index (χ0) is 16.7. The Bertz CT molecular complexity index is 485. The van der Waals surface area contributed by atoms with Crippen molar-refractivity contribution in [2.24, 2.45) is 5.92 Å². The summed E-state index contributed by atoms with van der Waals surface area (Å²) in [6.07, 6.45) is 7.93. The van der Waals surface area contributed by atoms with Crippen LogP contribution in [0.5, 0.6) is 5.75 Å². The van der Waals surface area contributed by atoms with Crippen molar-refractivity contribution >= 4 is 5.91 Å². The van der Waals surface area contributed by atoms with Gasteiger partial charge in [0, 0.05) is 17.9 Å². The van der Waals surface area contributed by atoms with Gasteiger partial charge in [-0.15, -0.1) is 0 Å². The first-order valence-electron chi connectivity index (χ1n) is 9.07. The van der Waals surface area contributed by atoms with E-state index in [1.807, 2.05) is 12.1 Å². The number of nitrogens with one attached hydrogen (secondary N) is 1. The van der Waals surface area contributed by atoms with Crippen molar-refractivity contribution in [2.75, 3.05) is 13.7 Å². The highest BCUT2D eigenvalue weighted by Gasteiger charge is 2.34. The van der Waals surface area contributed by atoms with E-state index in [4.69, 9.17) is 4.74 Å². The molecule has 2 rings (SSSR count). The highest BCUT2D eigenvalue weighted by Crippen LogP contribution is 2.39. The molecule has 128 valence electrons. The van der Waals surface area contributed by atoms with Crippen molar-refractivity contribution < 1.29 is 9.53 Å². The van der Waals surface area contributed by atoms with Crippen molar-refractivity contribution in [3.8, 4) is 5.75 Å². The fourth-order valence-electron chi connectivity index (χ4n) is 3.80. The summed E-state index contributed by atoms with van der Waals surface area (Å²) in [6, 6.07) is 8.42. The number of carbonyl (C=O) groups is 1. The Morgan fingerprint density at radius 3 is 2.26 bits per heavy atom. The van der Waals surface area contributed by atoms with Crippen LogP contribution in [0.3, 0.4) is 0 Å². The Balaban J connectivity index is 2.13. The van der Waals surface area contributed by atoms with Crippen LogP contribution < -0.4 is 10.1 Å². The second kappa shape index (κ2) is 8.37. The van der Waals surface area contributed by atoms with Gasteiger partial charge in [0.1, 0.15) is 5.75 Å². The number of carbonyl (C=O) groups excluding carboxylic acids is 1. The standard InChI is InChI=1S/C20H31NO2/c1-4-16(5-2)19(22)21-15-20(13-7-6-8-14-20)17-9-11-18(23-3)12-10-17/h9-12,16H,4-8,13-15H2,1-3H3,(H,21,22). The molecule has 0 aliphatic heterocycles. The zero-order valence-corrected chi connectivity index (χ0v) is 14.9. The van der Waals surface area contributed by atoms with Crippen LogP contribution >= 0.6 is 0 Å². The van der Waals surface area contributed by atoms with Crippen molar-refractivity contribution in [3.05, 3.63) is 29.8 Å². The summed E-state index contributed by atoms with van der Waals surface area (Å²) in [4.78, 5) is 12.4. The van der Waals surface area contributed by atoms with Gasteiger partial charge in [-0.3, -0.25) is 4.79 Å². The van der Waals surface area contributed by atoms with E-state index in [-0.39, 0.29) is 17.2 Å². The first-order chi connectivity index (χ1) is 11.1. The van der Waals surface area contributed by atoms with E-state index < -0.39 is 0 Å². The van der Waals surface area contributed by atoms with Gasteiger partial charge in [-0.1, -0.05) is 45.2 Å². The lowest BCUT2D eigenvalue weighted by molar-refractivity contribution is -0.125. The molecule has 0 unspecified atom stereocenters. The molecule has 1 aliphatic rings. The van der Waals surface area contributed by atoms with Crippen molar-refractivity contribution in [1.29, 1.82) is 0 Å². The molecule has 1 amide bonds. The SMILES string of the molecule is CCC(CC)C(=O)NCC1(c2ccc(OC)cc2)CCCCC1. The molecule has 3 nitrogen and oxygen atoms in total. The fraction of sp³-hybridized carbons (Fsp3) is 0.650. The van der Waals surface area contributed by atoms with Gasteiger partial charge in [0.05, 0.1) is 7.11 Å². The lowest BCUT2D eigenvalue weighted by Crippen LogP contribution is -2.44. The van der Waals surface area contributed by atoms with E-state index in [0.29, 0.717) is 0 Å². The first kappa shape index (κ1) is 17.8. The normalized spacial score (nSPS) is 17.0. The fourth-order valence-corrected chi connectivity index (χ4v) is 3.80. The quantitative estimate of drug-likeness (QED) is 0.807. The molecular formula is C20H31NO2. The summed E-state index contributed by atoms with van der Waals surface area (Å²) in [6.45, 7) is 4.94. The molecule has 0 heterocycles. The van der Waals surface area contributed by atoms with E-state index in [1.54, 1.807) is 7.11 Å². The summed E-state index contributed by atoms with van der Waals surface area (Å²) in [5, 5.41) is 3.25. The number of hydrogen-bond acceptors (Lipinski definition) is 2. The summed E-state index contributed by atoms with van der Waals surface area (Å²) in [7, 11) is 1.70. The van der Waals surface area contributed by atoms with Crippen LogP contribution in [0.2, 0.25) is 0 Å². The van der Waals surface area contributed by atoms with Crippen LogP contribution in [0.25, 0.3) is 0 Å². The van der Waals surface area contributed by atoms with Gasteiger partial charge in [-0.05, 0) is 43.4 Å². The number of methoxy groups -OCH3 is 1. The van der Waals surface area contributed by atoms with Crippen LogP contribution in [0.4, 0.5) is 0 Å². The Morgan fingerprint density at radius 2 is 1.74 bits per heavy atom. The lowest BCUT2D eigenvalue weighted by atomic mass is 9.69. The predicted octanol–water partition coefficient (Wildman–Crippen LogP) is 4.45. The highest BCUT2D eigenvalue weighted by molar-refractivity contribution is 5.78. The number of benzene rings is 1. The zero-order valence-electron chi connectivity index (χ0n) is 14.9. The van der Waals surface area contributed by atoms with E-state index in [9.17, 15) is 4.79 Å². The minimum Gasteiger partial charge on any atom is -0.497 e. The average molecular weight is 317 g/mol. The van der Waals surface area contributed by atoms with E-state index in [0.717, 1.165) is 38.0 Å². The van der Waals surface area contributed by atoms with Crippen LogP contribution in [0.1, 0.15) is 64.4 Å². The molecule has 3 heteroatoms. The minimum absolute atomic E-state index is 0.0895. The number of hydrogen-bond donors (Lipinski definition) is 1.